The summed E-state index contributed by atoms with van der Waals surface area (Å²) in [4.78, 5) is 0. The molecule has 2 aromatic rings. The number of anilines is 1. The zero-order chi connectivity index (χ0) is 14.8. The Hall–Kier alpha value is -2.21. The number of aryl methyl sites for hydroxylation is 1. The van der Waals surface area contributed by atoms with E-state index in [1.807, 2.05) is 23.9 Å². The van der Waals surface area contributed by atoms with Crippen molar-refractivity contribution in [3.05, 3.63) is 53.3 Å². The largest absolute Gasteiger partial charge is 0.381 e. The maximum Gasteiger partial charge on any atom is 0.120 e. The lowest BCUT2D eigenvalue weighted by atomic mass is 9.87. The van der Waals surface area contributed by atoms with Gasteiger partial charge in [-0.1, -0.05) is 32.9 Å². The first-order valence-electron chi connectivity index (χ1n) is 6.80. The van der Waals surface area contributed by atoms with Crippen LogP contribution in [0.2, 0.25) is 0 Å². The lowest BCUT2D eigenvalue weighted by Crippen LogP contribution is -2.10. The predicted octanol–water partition coefficient (Wildman–Crippen LogP) is 3.81. The van der Waals surface area contributed by atoms with Crippen LogP contribution in [0.3, 0.4) is 0 Å². The molecule has 0 aliphatic rings. The molecule has 0 bridgehead atoms. The first kappa shape index (κ1) is 14.2. The van der Waals surface area contributed by atoms with E-state index in [1.54, 1.807) is 0 Å². The number of rotatable bonds is 3. The Bertz CT molecular complexity index is 622. The zero-order valence-corrected chi connectivity index (χ0v) is 12.6. The molecule has 1 heterocycles. The quantitative estimate of drug-likeness (QED) is 0.918. The summed E-state index contributed by atoms with van der Waals surface area (Å²) in [6.07, 6.45) is 1.98. The second-order valence-electron chi connectivity index (χ2n) is 6.14. The first-order chi connectivity index (χ1) is 9.40. The maximum atomic E-state index is 8.93. The minimum absolute atomic E-state index is 0.180. The van der Waals surface area contributed by atoms with Crippen molar-refractivity contribution in [2.75, 3.05) is 5.32 Å². The second-order valence-corrected chi connectivity index (χ2v) is 6.14. The molecule has 0 atom stereocenters. The summed E-state index contributed by atoms with van der Waals surface area (Å²) in [5.41, 5.74) is 4.41. The van der Waals surface area contributed by atoms with Crippen LogP contribution in [0.5, 0.6) is 0 Å². The Morgan fingerprint density at radius 2 is 1.85 bits per heavy atom. The second kappa shape index (κ2) is 5.42. The number of benzene rings is 1. The van der Waals surface area contributed by atoms with Crippen LogP contribution in [-0.2, 0) is 19.0 Å². The molecule has 1 aromatic heterocycles. The van der Waals surface area contributed by atoms with Gasteiger partial charge in [-0.05, 0) is 34.7 Å². The lowest BCUT2D eigenvalue weighted by Gasteiger charge is -2.19. The molecular formula is C17H21N3. The van der Waals surface area contributed by atoms with Gasteiger partial charge in [-0.2, -0.15) is 5.26 Å². The van der Waals surface area contributed by atoms with Crippen molar-refractivity contribution in [1.29, 1.82) is 5.26 Å². The summed E-state index contributed by atoms with van der Waals surface area (Å²) >= 11 is 0. The standard InChI is InChI=1S/C17H21N3/c1-17(2,3)14-5-7-15(8-6-14)19-11-13-9-16(10-18)20(4)12-13/h5-9,12,19H,11H2,1-4H3. The van der Waals surface area contributed by atoms with Gasteiger partial charge in [-0.25, -0.2) is 0 Å². The summed E-state index contributed by atoms with van der Waals surface area (Å²) in [6, 6.07) is 12.6. The van der Waals surface area contributed by atoms with E-state index >= 15 is 0 Å². The van der Waals surface area contributed by atoms with E-state index in [2.05, 4.69) is 56.4 Å². The molecule has 0 saturated heterocycles. The number of nitrogens with zero attached hydrogens (tertiary/aromatic N) is 2. The van der Waals surface area contributed by atoms with E-state index in [4.69, 9.17) is 5.26 Å². The Kier molecular flexibility index (Phi) is 3.85. The van der Waals surface area contributed by atoms with Gasteiger partial charge in [0.1, 0.15) is 11.8 Å². The molecule has 1 aromatic carbocycles. The first-order valence-corrected chi connectivity index (χ1v) is 6.80. The van der Waals surface area contributed by atoms with Crippen LogP contribution in [0.1, 0.15) is 37.6 Å². The fraction of sp³-hybridized carbons (Fsp3) is 0.353. The molecule has 0 radical (unpaired) electrons. The van der Waals surface area contributed by atoms with Crippen LogP contribution in [0.25, 0.3) is 0 Å². The third-order valence-corrected chi connectivity index (χ3v) is 3.42. The van der Waals surface area contributed by atoms with Gasteiger partial charge in [0.05, 0.1) is 0 Å². The molecule has 0 aliphatic carbocycles. The highest BCUT2D eigenvalue weighted by molar-refractivity contribution is 5.46. The summed E-state index contributed by atoms with van der Waals surface area (Å²) in [7, 11) is 1.89. The fourth-order valence-electron chi connectivity index (χ4n) is 2.13. The summed E-state index contributed by atoms with van der Waals surface area (Å²) < 4.78 is 1.85. The minimum atomic E-state index is 0.180. The molecule has 2 rings (SSSR count). The topological polar surface area (TPSA) is 40.8 Å². The van der Waals surface area contributed by atoms with Gasteiger partial charge in [0.25, 0.3) is 0 Å². The highest BCUT2D eigenvalue weighted by atomic mass is 14.9. The van der Waals surface area contributed by atoms with Crippen LogP contribution in [0.15, 0.2) is 36.5 Å². The van der Waals surface area contributed by atoms with Crippen molar-refractivity contribution in [1.82, 2.24) is 4.57 Å². The molecule has 0 saturated carbocycles. The number of hydrogen-bond donors (Lipinski definition) is 1. The number of nitrogens with one attached hydrogen (secondary N) is 1. The number of hydrogen-bond acceptors (Lipinski definition) is 2. The van der Waals surface area contributed by atoms with Crippen LogP contribution in [0, 0.1) is 11.3 Å². The van der Waals surface area contributed by atoms with Crippen molar-refractivity contribution in [2.24, 2.45) is 7.05 Å². The average Bonchev–Trinajstić information content (AvgIpc) is 2.76. The minimum Gasteiger partial charge on any atom is -0.381 e. The molecule has 3 heteroatoms. The Labute approximate surface area is 120 Å². The van der Waals surface area contributed by atoms with Crippen LogP contribution in [-0.4, -0.2) is 4.57 Å². The van der Waals surface area contributed by atoms with Crippen molar-refractivity contribution < 1.29 is 0 Å². The third-order valence-electron chi connectivity index (χ3n) is 3.42. The summed E-state index contributed by atoms with van der Waals surface area (Å²) in [5, 5.41) is 12.3. The summed E-state index contributed by atoms with van der Waals surface area (Å²) in [5.74, 6) is 0. The van der Waals surface area contributed by atoms with E-state index in [0.29, 0.717) is 5.69 Å². The molecule has 1 N–H and O–H groups in total. The van der Waals surface area contributed by atoms with E-state index in [-0.39, 0.29) is 5.41 Å². The van der Waals surface area contributed by atoms with E-state index in [9.17, 15) is 0 Å². The van der Waals surface area contributed by atoms with E-state index in [1.165, 1.54) is 5.56 Å². The molecule has 0 amide bonds. The number of nitriles is 1. The fourth-order valence-corrected chi connectivity index (χ4v) is 2.13. The van der Waals surface area contributed by atoms with Crippen molar-refractivity contribution in [3.63, 3.8) is 0 Å². The van der Waals surface area contributed by atoms with Crippen molar-refractivity contribution >= 4 is 5.69 Å². The molecule has 0 spiro atoms. The van der Waals surface area contributed by atoms with Gasteiger partial charge < -0.3 is 9.88 Å². The average molecular weight is 267 g/mol. The smallest absolute Gasteiger partial charge is 0.120 e. The molecule has 0 aliphatic heterocycles. The Morgan fingerprint density at radius 1 is 1.20 bits per heavy atom. The normalized spacial score (nSPS) is 11.2. The Balaban J connectivity index is 2.02. The molecule has 3 nitrogen and oxygen atoms in total. The van der Waals surface area contributed by atoms with Gasteiger partial charge in [0.15, 0.2) is 0 Å². The van der Waals surface area contributed by atoms with Crippen LogP contribution in [0.4, 0.5) is 5.69 Å². The molecule has 0 unspecified atom stereocenters. The maximum absolute atomic E-state index is 8.93. The van der Waals surface area contributed by atoms with E-state index in [0.717, 1.165) is 17.8 Å². The van der Waals surface area contributed by atoms with Crippen LogP contribution >= 0.6 is 0 Å². The zero-order valence-electron chi connectivity index (χ0n) is 12.6. The Morgan fingerprint density at radius 3 is 2.35 bits per heavy atom. The van der Waals surface area contributed by atoms with Gasteiger partial charge in [0, 0.05) is 25.5 Å². The summed E-state index contributed by atoms with van der Waals surface area (Å²) in [6.45, 7) is 7.36. The highest BCUT2D eigenvalue weighted by Crippen LogP contribution is 2.23. The molecular weight excluding hydrogens is 246 g/mol. The monoisotopic (exact) mass is 267 g/mol. The van der Waals surface area contributed by atoms with Crippen molar-refractivity contribution in [2.45, 2.75) is 32.7 Å². The van der Waals surface area contributed by atoms with Crippen molar-refractivity contribution in [3.8, 4) is 6.07 Å². The van der Waals surface area contributed by atoms with Gasteiger partial charge in [0.2, 0.25) is 0 Å². The molecule has 20 heavy (non-hydrogen) atoms. The lowest BCUT2D eigenvalue weighted by molar-refractivity contribution is 0.590. The van der Waals surface area contributed by atoms with E-state index < -0.39 is 0 Å². The third kappa shape index (κ3) is 3.21. The van der Waals surface area contributed by atoms with Gasteiger partial charge in [-0.15, -0.1) is 0 Å². The van der Waals surface area contributed by atoms with Crippen LogP contribution < -0.4 is 5.32 Å². The predicted molar refractivity (Wildman–Crippen MR) is 82.6 cm³/mol. The molecule has 0 fully saturated rings. The molecule has 104 valence electrons. The SMILES string of the molecule is Cn1cc(CNc2ccc(C(C)(C)C)cc2)cc1C#N. The van der Waals surface area contributed by atoms with Gasteiger partial charge in [-0.3, -0.25) is 0 Å². The highest BCUT2D eigenvalue weighted by Gasteiger charge is 2.12. The number of aromatic nitrogens is 1. The van der Waals surface area contributed by atoms with Gasteiger partial charge >= 0.3 is 0 Å².